The zero-order valence-corrected chi connectivity index (χ0v) is 13.1. The number of hydrogen-bond acceptors (Lipinski definition) is 4. The number of hydrogen-bond donors (Lipinski definition) is 2. The number of rotatable bonds is 5. The number of carbonyl (C=O) groups is 1. The summed E-state index contributed by atoms with van der Waals surface area (Å²) in [5, 5.41) is 13.1. The molecule has 0 aliphatic rings. The predicted octanol–water partition coefficient (Wildman–Crippen LogP) is 3.03. The lowest BCUT2D eigenvalue weighted by Crippen LogP contribution is -2.31. The van der Waals surface area contributed by atoms with Crippen LogP contribution in [0.25, 0.3) is 11.0 Å². The minimum atomic E-state index is -0.542. The number of benzene rings is 1. The first kappa shape index (κ1) is 15.4. The van der Waals surface area contributed by atoms with Gasteiger partial charge in [-0.05, 0) is 37.1 Å². The SMILES string of the molecule is Cc1ccc2c(CC(=O)NC(CO)c3ccco3)coc2c1C. The van der Waals surface area contributed by atoms with Crippen LogP contribution in [-0.2, 0) is 11.2 Å². The third-order valence-electron chi connectivity index (χ3n) is 4.10. The quantitative estimate of drug-likeness (QED) is 0.759. The maximum absolute atomic E-state index is 12.3. The first-order valence-corrected chi connectivity index (χ1v) is 7.50. The number of aryl methyl sites for hydroxylation is 2. The molecule has 3 rings (SSSR count). The second-order valence-corrected chi connectivity index (χ2v) is 5.64. The van der Waals surface area contributed by atoms with E-state index in [-0.39, 0.29) is 18.9 Å². The Morgan fingerprint density at radius 3 is 2.78 bits per heavy atom. The van der Waals surface area contributed by atoms with Crippen LogP contribution in [0.2, 0.25) is 0 Å². The van der Waals surface area contributed by atoms with Gasteiger partial charge >= 0.3 is 0 Å². The van der Waals surface area contributed by atoms with Gasteiger partial charge in [0.25, 0.3) is 0 Å². The van der Waals surface area contributed by atoms with Crippen LogP contribution in [0.5, 0.6) is 0 Å². The zero-order valence-electron chi connectivity index (χ0n) is 13.1. The summed E-state index contributed by atoms with van der Waals surface area (Å²) in [6.45, 7) is 3.81. The van der Waals surface area contributed by atoms with Crippen molar-refractivity contribution >= 4 is 16.9 Å². The summed E-state index contributed by atoms with van der Waals surface area (Å²) in [7, 11) is 0. The molecule has 120 valence electrons. The molecule has 0 aliphatic heterocycles. The maximum atomic E-state index is 12.3. The Morgan fingerprint density at radius 2 is 2.09 bits per heavy atom. The van der Waals surface area contributed by atoms with Crippen molar-refractivity contribution in [2.24, 2.45) is 0 Å². The largest absolute Gasteiger partial charge is 0.467 e. The molecule has 2 N–H and O–H groups in total. The van der Waals surface area contributed by atoms with Gasteiger partial charge in [-0.25, -0.2) is 0 Å². The van der Waals surface area contributed by atoms with E-state index < -0.39 is 6.04 Å². The molecule has 0 spiro atoms. The highest BCUT2D eigenvalue weighted by Crippen LogP contribution is 2.27. The molecule has 0 radical (unpaired) electrons. The van der Waals surface area contributed by atoms with E-state index in [0.717, 1.165) is 27.7 Å². The molecule has 0 bridgehead atoms. The monoisotopic (exact) mass is 313 g/mol. The Kier molecular flexibility index (Phi) is 4.21. The summed E-state index contributed by atoms with van der Waals surface area (Å²) < 4.78 is 10.8. The molecule has 23 heavy (non-hydrogen) atoms. The van der Waals surface area contributed by atoms with E-state index in [0.29, 0.717) is 5.76 Å². The van der Waals surface area contributed by atoms with Gasteiger partial charge in [-0.1, -0.05) is 12.1 Å². The van der Waals surface area contributed by atoms with Crippen molar-refractivity contribution in [1.82, 2.24) is 5.32 Å². The highest BCUT2D eigenvalue weighted by atomic mass is 16.3. The molecule has 0 fully saturated rings. The molecule has 1 aromatic carbocycles. The number of fused-ring (bicyclic) bond motifs is 1. The van der Waals surface area contributed by atoms with E-state index in [1.54, 1.807) is 18.4 Å². The number of aliphatic hydroxyl groups is 1. The number of carbonyl (C=O) groups excluding carboxylic acids is 1. The van der Waals surface area contributed by atoms with Gasteiger partial charge in [-0.15, -0.1) is 0 Å². The third-order valence-corrected chi connectivity index (χ3v) is 4.10. The van der Waals surface area contributed by atoms with Gasteiger partial charge < -0.3 is 19.3 Å². The first-order valence-electron chi connectivity index (χ1n) is 7.50. The molecule has 5 heteroatoms. The summed E-state index contributed by atoms with van der Waals surface area (Å²) in [4.78, 5) is 12.3. The highest BCUT2D eigenvalue weighted by Gasteiger charge is 2.18. The van der Waals surface area contributed by atoms with Gasteiger partial charge in [0, 0.05) is 10.9 Å². The van der Waals surface area contributed by atoms with E-state index in [9.17, 15) is 9.90 Å². The van der Waals surface area contributed by atoms with Crippen LogP contribution in [0.4, 0.5) is 0 Å². The second-order valence-electron chi connectivity index (χ2n) is 5.64. The van der Waals surface area contributed by atoms with Crippen LogP contribution in [0.15, 0.2) is 45.6 Å². The summed E-state index contributed by atoms with van der Waals surface area (Å²) in [6.07, 6.45) is 3.32. The molecule has 1 atom stereocenters. The molecular weight excluding hydrogens is 294 g/mol. The van der Waals surface area contributed by atoms with Crippen molar-refractivity contribution in [3.05, 3.63) is 59.2 Å². The van der Waals surface area contributed by atoms with Gasteiger partial charge in [0.15, 0.2) is 0 Å². The number of aliphatic hydroxyl groups excluding tert-OH is 1. The van der Waals surface area contributed by atoms with Crippen molar-refractivity contribution in [3.63, 3.8) is 0 Å². The van der Waals surface area contributed by atoms with E-state index in [1.807, 2.05) is 26.0 Å². The minimum absolute atomic E-state index is 0.187. The molecule has 1 amide bonds. The maximum Gasteiger partial charge on any atom is 0.225 e. The Labute approximate surface area is 133 Å². The number of furan rings is 2. The summed E-state index contributed by atoms with van der Waals surface area (Å²) in [5.74, 6) is 0.339. The van der Waals surface area contributed by atoms with Gasteiger partial charge in [-0.3, -0.25) is 4.79 Å². The Morgan fingerprint density at radius 1 is 1.26 bits per heavy atom. The van der Waals surface area contributed by atoms with Crippen molar-refractivity contribution in [1.29, 1.82) is 0 Å². The number of nitrogens with one attached hydrogen (secondary N) is 1. The number of amides is 1. The lowest BCUT2D eigenvalue weighted by atomic mass is 10.0. The lowest BCUT2D eigenvalue weighted by molar-refractivity contribution is -0.121. The second kappa shape index (κ2) is 6.30. The molecule has 0 aliphatic carbocycles. The van der Waals surface area contributed by atoms with Gasteiger partial charge in [-0.2, -0.15) is 0 Å². The molecule has 2 aromatic heterocycles. The fourth-order valence-corrected chi connectivity index (χ4v) is 2.64. The van der Waals surface area contributed by atoms with Gasteiger partial charge in [0.2, 0.25) is 5.91 Å². The molecule has 1 unspecified atom stereocenters. The van der Waals surface area contributed by atoms with Crippen LogP contribution in [-0.4, -0.2) is 17.6 Å². The lowest BCUT2D eigenvalue weighted by Gasteiger charge is -2.13. The van der Waals surface area contributed by atoms with E-state index in [4.69, 9.17) is 8.83 Å². The molecule has 3 aromatic rings. The summed E-state index contributed by atoms with van der Waals surface area (Å²) in [5.41, 5.74) is 3.88. The van der Waals surface area contributed by atoms with Gasteiger partial charge in [0.1, 0.15) is 17.4 Å². The first-order chi connectivity index (χ1) is 11.1. The molecule has 2 heterocycles. The van der Waals surface area contributed by atoms with E-state index in [1.165, 1.54) is 6.26 Å². The fraction of sp³-hybridized carbons (Fsp3) is 0.278. The Bertz CT molecular complexity index is 817. The predicted molar refractivity (Wildman–Crippen MR) is 86.1 cm³/mol. The molecule has 5 nitrogen and oxygen atoms in total. The van der Waals surface area contributed by atoms with Crippen molar-refractivity contribution < 1.29 is 18.7 Å². The Balaban J connectivity index is 1.77. The summed E-state index contributed by atoms with van der Waals surface area (Å²) in [6, 6.07) is 6.90. The molecular formula is C18H19NO4. The van der Waals surface area contributed by atoms with Crippen LogP contribution in [0.1, 0.15) is 28.5 Å². The summed E-state index contributed by atoms with van der Waals surface area (Å²) >= 11 is 0. The smallest absolute Gasteiger partial charge is 0.225 e. The topological polar surface area (TPSA) is 75.6 Å². The molecule has 0 saturated carbocycles. The van der Waals surface area contributed by atoms with Gasteiger partial charge in [0.05, 0.1) is 25.6 Å². The fourth-order valence-electron chi connectivity index (χ4n) is 2.64. The van der Waals surface area contributed by atoms with E-state index >= 15 is 0 Å². The van der Waals surface area contributed by atoms with E-state index in [2.05, 4.69) is 5.32 Å². The average molecular weight is 313 g/mol. The normalized spacial score (nSPS) is 12.5. The van der Waals surface area contributed by atoms with Crippen LogP contribution >= 0.6 is 0 Å². The van der Waals surface area contributed by atoms with Crippen molar-refractivity contribution in [3.8, 4) is 0 Å². The third kappa shape index (κ3) is 3.00. The molecule has 0 saturated heterocycles. The van der Waals surface area contributed by atoms with Crippen molar-refractivity contribution in [2.45, 2.75) is 26.3 Å². The van der Waals surface area contributed by atoms with Crippen LogP contribution < -0.4 is 5.32 Å². The van der Waals surface area contributed by atoms with Crippen LogP contribution in [0, 0.1) is 13.8 Å². The Hall–Kier alpha value is -2.53. The van der Waals surface area contributed by atoms with Crippen molar-refractivity contribution in [2.75, 3.05) is 6.61 Å². The zero-order chi connectivity index (χ0) is 16.4. The highest BCUT2D eigenvalue weighted by molar-refractivity contribution is 5.89. The van der Waals surface area contributed by atoms with Crippen LogP contribution in [0.3, 0.4) is 0 Å². The standard InChI is InChI=1S/C18H19NO4/c1-11-5-6-14-13(10-23-18(14)12(11)2)8-17(21)19-15(9-20)16-4-3-7-22-16/h3-7,10,15,20H,8-9H2,1-2H3,(H,19,21). The minimum Gasteiger partial charge on any atom is -0.467 e. The average Bonchev–Trinajstić information content (AvgIpc) is 3.19.